The number of nitrogens with one attached hydrogen (secondary N) is 1. The van der Waals surface area contributed by atoms with Crippen LogP contribution in [0.5, 0.6) is 5.88 Å². The third kappa shape index (κ3) is 4.49. The van der Waals surface area contributed by atoms with E-state index in [1.54, 1.807) is 23.3 Å². The van der Waals surface area contributed by atoms with Crippen molar-refractivity contribution in [3.63, 3.8) is 0 Å². The first-order chi connectivity index (χ1) is 17.4. The monoisotopic (exact) mass is 485 g/mol. The molecule has 4 aromatic rings. The van der Waals surface area contributed by atoms with E-state index in [2.05, 4.69) is 49.1 Å². The van der Waals surface area contributed by atoms with Gasteiger partial charge in [-0.3, -0.25) is 14.3 Å². The molecule has 1 N–H and O–H groups in total. The number of nitriles is 1. The largest absolute Gasteiger partial charge is 0.473 e. The molecule has 5 rings (SSSR count). The molecule has 10 heteroatoms. The highest BCUT2D eigenvalue weighted by atomic mass is 16.5. The Balaban J connectivity index is 1.44. The van der Waals surface area contributed by atoms with Gasteiger partial charge >= 0.3 is 0 Å². The number of aromatic nitrogens is 7. The van der Waals surface area contributed by atoms with Crippen LogP contribution in [0.1, 0.15) is 58.2 Å². The summed E-state index contributed by atoms with van der Waals surface area (Å²) in [5.74, 6) is 1.44. The lowest BCUT2D eigenvalue weighted by atomic mass is 9.93. The molecule has 1 aliphatic rings. The van der Waals surface area contributed by atoms with Gasteiger partial charge in [0.2, 0.25) is 5.88 Å². The van der Waals surface area contributed by atoms with Crippen molar-refractivity contribution in [1.82, 2.24) is 34.5 Å². The molecule has 0 unspecified atom stereocenters. The number of nitrogens with zero attached hydrogens (tertiary/aromatic N) is 8. The zero-order chi connectivity index (χ0) is 25.3. The van der Waals surface area contributed by atoms with Gasteiger partial charge in [-0.25, -0.2) is 9.97 Å². The second kappa shape index (κ2) is 9.57. The normalized spacial score (nSPS) is 18.2. The minimum absolute atomic E-state index is 0.114. The van der Waals surface area contributed by atoms with Gasteiger partial charge in [0.15, 0.2) is 0 Å². The number of anilines is 1. The molecule has 0 atom stereocenters. The molecule has 4 heterocycles. The number of rotatable bonds is 7. The van der Waals surface area contributed by atoms with E-state index in [1.165, 1.54) is 0 Å². The quantitative estimate of drug-likeness (QED) is 0.402. The molecule has 1 fully saturated rings. The Morgan fingerprint density at radius 1 is 1.14 bits per heavy atom. The molecule has 0 amide bonds. The Labute approximate surface area is 210 Å². The SMILES string of the molecule is CCNc1cc2c(cn1)c(-c1cnn(C(C)(C)C#N)c1)nn2C1CCC(Oc2nccnc2C)CC1. The standard InChI is InChI=1S/C26H31N9O/c1-5-28-23-12-22-21(14-31-23)24(18-13-32-34(15-18)26(3,4)16-27)33-35(22)19-6-8-20(9-7-19)36-25-17(2)29-10-11-30-25/h10-15,19-20H,5-9H2,1-4H3,(H,28,31). The van der Waals surface area contributed by atoms with Gasteiger partial charge < -0.3 is 10.1 Å². The highest BCUT2D eigenvalue weighted by Crippen LogP contribution is 2.36. The lowest BCUT2D eigenvalue weighted by Crippen LogP contribution is -2.27. The van der Waals surface area contributed by atoms with Crippen molar-refractivity contribution in [2.24, 2.45) is 0 Å². The second-order valence-corrected chi connectivity index (χ2v) is 9.75. The number of aryl methyl sites for hydroxylation is 1. The van der Waals surface area contributed by atoms with Crippen molar-refractivity contribution in [3.05, 3.63) is 42.7 Å². The maximum absolute atomic E-state index is 9.52. The summed E-state index contributed by atoms with van der Waals surface area (Å²) < 4.78 is 10.00. The highest BCUT2D eigenvalue weighted by molar-refractivity contribution is 5.93. The predicted octanol–water partition coefficient (Wildman–Crippen LogP) is 4.65. The van der Waals surface area contributed by atoms with Crippen LogP contribution in [-0.4, -0.2) is 47.2 Å². The van der Waals surface area contributed by atoms with E-state index in [1.807, 2.05) is 33.2 Å². The fourth-order valence-corrected chi connectivity index (χ4v) is 4.68. The third-order valence-electron chi connectivity index (χ3n) is 6.76. The fraction of sp³-hybridized carbons (Fsp3) is 0.462. The van der Waals surface area contributed by atoms with Gasteiger partial charge in [-0.1, -0.05) is 0 Å². The summed E-state index contributed by atoms with van der Waals surface area (Å²) in [5, 5.41) is 23.3. The van der Waals surface area contributed by atoms with Crippen molar-refractivity contribution in [3.8, 4) is 23.2 Å². The molecular weight excluding hydrogens is 454 g/mol. The summed E-state index contributed by atoms with van der Waals surface area (Å²) in [6, 6.07) is 4.61. The zero-order valence-corrected chi connectivity index (χ0v) is 21.1. The van der Waals surface area contributed by atoms with Crippen LogP contribution in [0.15, 0.2) is 37.1 Å². The van der Waals surface area contributed by atoms with E-state index in [9.17, 15) is 5.26 Å². The van der Waals surface area contributed by atoms with Crippen molar-refractivity contribution in [2.75, 3.05) is 11.9 Å². The van der Waals surface area contributed by atoms with Crippen LogP contribution in [-0.2, 0) is 5.54 Å². The van der Waals surface area contributed by atoms with Crippen molar-refractivity contribution >= 4 is 16.7 Å². The first kappa shape index (κ1) is 23.7. The summed E-state index contributed by atoms with van der Waals surface area (Å²) in [7, 11) is 0. The van der Waals surface area contributed by atoms with Crippen LogP contribution < -0.4 is 10.1 Å². The lowest BCUT2D eigenvalue weighted by Gasteiger charge is -2.29. The second-order valence-electron chi connectivity index (χ2n) is 9.75. The average Bonchev–Trinajstić information content (AvgIpc) is 3.52. The van der Waals surface area contributed by atoms with E-state index in [0.29, 0.717) is 5.88 Å². The van der Waals surface area contributed by atoms with Crippen molar-refractivity contribution < 1.29 is 4.74 Å². The summed E-state index contributed by atoms with van der Waals surface area (Å²) in [6.07, 6.45) is 12.7. The minimum Gasteiger partial charge on any atom is -0.473 e. The number of pyridine rings is 1. The fourth-order valence-electron chi connectivity index (χ4n) is 4.68. The van der Waals surface area contributed by atoms with E-state index in [4.69, 9.17) is 9.84 Å². The summed E-state index contributed by atoms with van der Waals surface area (Å²) in [6.45, 7) is 8.45. The molecule has 0 aromatic carbocycles. The molecule has 0 bridgehead atoms. The van der Waals surface area contributed by atoms with Crippen molar-refractivity contribution in [1.29, 1.82) is 5.26 Å². The minimum atomic E-state index is -0.743. The van der Waals surface area contributed by atoms with E-state index >= 15 is 0 Å². The molecule has 10 nitrogen and oxygen atoms in total. The zero-order valence-electron chi connectivity index (χ0n) is 21.1. The topological polar surface area (TPSA) is 119 Å². The molecule has 1 saturated carbocycles. The molecule has 36 heavy (non-hydrogen) atoms. The molecule has 4 aromatic heterocycles. The number of ether oxygens (including phenoxy) is 1. The van der Waals surface area contributed by atoms with Gasteiger partial charge in [0.25, 0.3) is 0 Å². The molecule has 0 aliphatic heterocycles. The van der Waals surface area contributed by atoms with Gasteiger partial charge in [-0.2, -0.15) is 15.5 Å². The summed E-state index contributed by atoms with van der Waals surface area (Å²) >= 11 is 0. The summed E-state index contributed by atoms with van der Waals surface area (Å²) in [5.41, 5.74) is 2.81. The van der Waals surface area contributed by atoms with Crippen LogP contribution in [0.2, 0.25) is 0 Å². The van der Waals surface area contributed by atoms with Crippen LogP contribution >= 0.6 is 0 Å². The lowest BCUT2D eigenvalue weighted by molar-refractivity contribution is 0.124. The summed E-state index contributed by atoms with van der Waals surface area (Å²) in [4.78, 5) is 13.2. The maximum atomic E-state index is 9.52. The number of hydrogen-bond acceptors (Lipinski definition) is 8. The van der Waals surface area contributed by atoms with Gasteiger partial charge in [0.05, 0.1) is 29.5 Å². The molecule has 186 valence electrons. The van der Waals surface area contributed by atoms with Gasteiger partial charge in [-0.05, 0) is 53.4 Å². The van der Waals surface area contributed by atoms with Crippen molar-refractivity contribution in [2.45, 2.75) is 71.1 Å². The Morgan fingerprint density at radius 2 is 1.92 bits per heavy atom. The molecule has 0 spiro atoms. The Kier molecular flexibility index (Phi) is 6.31. The van der Waals surface area contributed by atoms with E-state index in [-0.39, 0.29) is 12.1 Å². The molecule has 1 aliphatic carbocycles. The smallest absolute Gasteiger partial charge is 0.235 e. The average molecular weight is 486 g/mol. The van der Waals surface area contributed by atoms with Gasteiger partial charge in [0, 0.05) is 48.3 Å². The van der Waals surface area contributed by atoms with Gasteiger partial charge in [-0.15, -0.1) is 0 Å². The third-order valence-corrected chi connectivity index (χ3v) is 6.76. The molecule has 0 radical (unpaired) electrons. The molecule has 0 saturated heterocycles. The number of fused-ring (bicyclic) bond motifs is 1. The highest BCUT2D eigenvalue weighted by Gasteiger charge is 2.28. The Bertz CT molecular complexity index is 1410. The van der Waals surface area contributed by atoms with Crippen LogP contribution in [0, 0.1) is 18.3 Å². The van der Waals surface area contributed by atoms with E-state index in [0.717, 1.165) is 65.9 Å². The Morgan fingerprint density at radius 3 is 2.64 bits per heavy atom. The van der Waals surface area contributed by atoms with Crippen LogP contribution in [0.4, 0.5) is 5.82 Å². The maximum Gasteiger partial charge on any atom is 0.235 e. The van der Waals surface area contributed by atoms with Gasteiger partial charge in [0.1, 0.15) is 23.2 Å². The van der Waals surface area contributed by atoms with Crippen LogP contribution in [0.25, 0.3) is 22.2 Å². The Hall–Kier alpha value is -4.00. The first-order valence-electron chi connectivity index (χ1n) is 12.4. The number of hydrogen-bond donors (Lipinski definition) is 1. The predicted molar refractivity (Wildman–Crippen MR) is 137 cm³/mol. The van der Waals surface area contributed by atoms with E-state index < -0.39 is 5.54 Å². The molecular formula is C26H31N9O. The first-order valence-corrected chi connectivity index (χ1v) is 12.4. The van der Waals surface area contributed by atoms with Crippen LogP contribution in [0.3, 0.4) is 0 Å².